The summed E-state index contributed by atoms with van der Waals surface area (Å²) in [5.41, 5.74) is 5.72. The molecule has 0 aliphatic rings. The Bertz CT molecular complexity index is 429. The number of para-hydroxylation sites is 1. The fourth-order valence-corrected chi connectivity index (χ4v) is 2.29. The highest BCUT2D eigenvalue weighted by atomic mass is 32.2. The number of rotatable bonds is 4. The second kappa shape index (κ2) is 4.61. The van der Waals surface area contributed by atoms with E-state index in [1.54, 1.807) is 12.1 Å². The molecule has 0 aliphatic carbocycles. The Morgan fingerprint density at radius 1 is 1.47 bits per heavy atom. The van der Waals surface area contributed by atoms with E-state index >= 15 is 0 Å². The van der Waals surface area contributed by atoms with E-state index in [2.05, 4.69) is 4.72 Å². The molecule has 84 valence electrons. The number of nitrogens with one attached hydrogen (secondary N) is 1. The monoisotopic (exact) mass is 230 g/mol. The summed E-state index contributed by atoms with van der Waals surface area (Å²) in [6.45, 7) is 1.47. The number of sulfonamides is 1. The number of aliphatic hydroxyl groups excluding tert-OH is 1. The predicted molar refractivity (Wildman–Crippen MR) is 57.7 cm³/mol. The van der Waals surface area contributed by atoms with Crippen molar-refractivity contribution in [1.29, 1.82) is 0 Å². The van der Waals surface area contributed by atoms with Crippen LogP contribution in [0.15, 0.2) is 29.2 Å². The Hall–Kier alpha value is -1.11. The minimum atomic E-state index is -3.62. The van der Waals surface area contributed by atoms with Crippen molar-refractivity contribution in [2.75, 3.05) is 12.3 Å². The first-order valence-corrected chi connectivity index (χ1v) is 5.94. The first-order chi connectivity index (χ1) is 6.93. The maximum absolute atomic E-state index is 11.7. The maximum atomic E-state index is 11.7. The van der Waals surface area contributed by atoms with E-state index in [-0.39, 0.29) is 17.1 Å². The Morgan fingerprint density at radius 2 is 2.07 bits per heavy atom. The molecule has 6 heteroatoms. The summed E-state index contributed by atoms with van der Waals surface area (Å²) >= 11 is 0. The van der Waals surface area contributed by atoms with Gasteiger partial charge in [0.1, 0.15) is 4.90 Å². The molecule has 15 heavy (non-hydrogen) atoms. The molecule has 0 aromatic heterocycles. The summed E-state index contributed by atoms with van der Waals surface area (Å²) in [7, 11) is -3.62. The summed E-state index contributed by atoms with van der Waals surface area (Å²) < 4.78 is 25.6. The van der Waals surface area contributed by atoms with Gasteiger partial charge in [0.05, 0.1) is 11.8 Å². The highest BCUT2D eigenvalue weighted by Gasteiger charge is 2.16. The summed E-state index contributed by atoms with van der Waals surface area (Å²) in [6, 6.07) is 6.17. The zero-order valence-electron chi connectivity index (χ0n) is 8.34. The van der Waals surface area contributed by atoms with Crippen molar-refractivity contribution in [1.82, 2.24) is 4.72 Å². The number of nitrogens with two attached hydrogens (primary N) is 1. The molecule has 0 amide bonds. The summed E-state index contributed by atoms with van der Waals surface area (Å²) in [5, 5.41) is 8.97. The van der Waals surface area contributed by atoms with Gasteiger partial charge in [0.2, 0.25) is 10.0 Å². The predicted octanol–water partition coefficient (Wildman–Crippen LogP) is -0.0721. The van der Waals surface area contributed by atoms with Crippen LogP contribution in [0.2, 0.25) is 0 Å². The first-order valence-electron chi connectivity index (χ1n) is 4.45. The molecule has 0 saturated carbocycles. The van der Waals surface area contributed by atoms with Crippen molar-refractivity contribution in [2.24, 2.45) is 0 Å². The average Bonchev–Trinajstić information content (AvgIpc) is 2.15. The molecule has 4 N–H and O–H groups in total. The third kappa shape index (κ3) is 3.19. The van der Waals surface area contributed by atoms with Gasteiger partial charge in [-0.15, -0.1) is 0 Å². The number of hydrogen-bond acceptors (Lipinski definition) is 4. The van der Waals surface area contributed by atoms with E-state index in [0.29, 0.717) is 0 Å². The van der Waals surface area contributed by atoms with Crippen LogP contribution in [-0.2, 0) is 10.0 Å². The van der Waals surface area contributed by atoms with Crippen LogP contribution in [0.3, 0.4) is 0 Å². The van der Waals surface area contributed by atoms with Crippen LogP contribution in [-0.4, -0.2) is 26.2 Å². The van der Waals surface area contributed by atoms with Crippen molar-refractivity contribution in [2.45, 2.75) is 17.9 Å². The van der Waals surface area contributed by atoms with Crippen LogP contribution < -0.4 is 10.5 Å². The second-order valence-corrected chi connectivity index (χ2v) is 4.97. The largest absolute Gasteiger partial charge is 0.398 e. The summed E-state index contributed by atoms with van der Waals surface area (Å²) in [4.78, 5) is 0.0330. The Kier molecular flexibility index (Phi) is 3.67. The molecule has 0 spiro atoms. The van der Waals surface area contributed by atoms with Gasteiger partial charge in [0, 0.05) is 6.54 Å². The lowest BCUT2D eigenvalue weighted by atomic mass is 10.3. The van der Waals surface area contributed by atoms with Gasteiger partial charge in [-0.25, -0.2) is 13.1 Å². The minimum Gasteiger partial charge on any atom is -0.398 e. The van der Waals surface area contributed by atoms with Crippen LogP contribution >= 0.6 is 0 Å². The molecular weight excluding hydrogens is 216 g/mol. The molecule has 1 aromatic carbocycles. The van der Waals surface area contributed by atoms with E-state index in [4.69, 9.17) is 10.8 Å². The van der Waals surface area contributed by atoms with E-state index < -0.39 is 16.1 Å². The molecule has 1 rings (SSSR count). The molecule has 0 saturated heterocycles. The topological polar surface area (TPSA) is 92.4 Å². The van der Waals surface area contributed by atoms with Crippen LogP contribution in [0.5, 0.6) is 0 Å². The molecule has 0 bridgehead atoms. The molecule has 0 heterocycles. The van der Waals surface area contributed by atoms with Crippen LogP contribution in [0.25, 0.3) is 0 Å². The maximum Gasteiger partial charge on any atom is 0.242 e. The average molecular weight is 230 g/mol. The molecule has 1 atom stereocenters. The Morgan fingerprint density at radius 3 is 2.60 bits per heavy atom. The van der Waals surface area contributed by atoms with Crippen LogP contribution in [0, 0.1) is 0 Å². The summed E-state index contributed by atoms with van der Waals surface area (Å²) in [6.07, 6.45) is -0.732. The number of benzene rings is 1. The lowest BCUT2D eigenvalue weighted by Gasteiger charge is -2.09. The zero-order chi connectivity index (χ0) is 11.5. The molecular formula is C9H14N2O3S. The third-order valence-corrected chi connectivity index (χ3v) is 3.27. The lowest BCUT2D eigenvalue weighted by molar-refractivity contribution is 0.198. The molecule has 1 aromatic rings. The Labute approximate surface area is 89.0 Å². The van der Waals surface area contributed by atoms with Crippen LogP contribution in [0.4, 0.5) is 5.69 Å². The smallest absolute Gasteiger partial charge is 0.242 e. The van der Waals surface area contributed by atoms with Crippen LogP contribution in [0.1, 0.15) is 6.92 Å². The molecule has 5 nitrogen and oxygen atoms in total. The van der Waals surface area contributed by atoms with E-state index in [1.807, 2.05) is 0 Å². The van der Waals surface area contributed by atoms with Crippen molar-refractivity contribution in [3.05, 3.63) is 24.3 Å². The van der Waals surface area contributed by atoms with E-state index in [1.165, 1.54) is 19.1 Å². The molecule has 0 fully saturated rings. The van der Waals surface area contributed by atoms with Gasteiger partial charge >= 0.3 is 0 Å². The van der Waals surface area contributed by atoms with Gasteiger partial charge in [-0.3, -0.25) is 0 Å². The van der Waals surface area contributed by atoms with E-state index in [9.17, 15) is 8.42 Å². The van der Waals surface area contributed by atoms with Crippen molar-refractivity contribution >= 4 is 15.7 Å². The molecule has 0 aliphatic heterocycles. The van der Waals surface area contributed by atoms with E-state index in [0.717, 1.165) is 0 Å². The number of aliphatic hydroxyl groups is 1. The van der Waals surface area contributed by atoms with Gasteiger partial charge in [-0.2, -0.15) is 0 Å². The van der Waals surface area contributed by atoms with Gasteiger partial charge in [0.15, 0.2) is 0 Å². The van der Waals surface area contributed by atoms with Crippen molar-refractivity contribution in [3.63, 3.8) is 0 Å². The van der Waals surface area contributed by atoms with Gasteiger partial charge in [0.25, 0.3) is 0 Å². The highest BCUT2D eigenvalue weighted by molar-refractivity contribution is 7.89. The standard InChI is InChI=1S/C9H14N2O3S/c1-7(12)6-11-15(13,14)9-5-3-2-4-8(9)10/h2-5,7,11-12H,6,10H2,1H3. The second-order valence-electron chi connectivity index (χ2n) is 3.24. The van der Waals surface area contributed by atoms with Gasteiger partial charge in [-0.05, 0) is 19.1 Å². The zero-order valence-corrected chi connectivity index (χ0v) is 9.16. The normalized spacial score (nSPS) is 13.7. The highest BCUT2D eigenvalue weighted by Crippen LogP contribution is 2.16. The van der Waals surface area contributed by atoms with Crippen molar-refractivity contribution < 1.29 is 13.5 Å². The van der Waals surface area contributed by atoms with Crippen molar-refractivity contribution in [3.8, 4) is 0 Å². The quantitative estimate of drug-likeness (QED) is 0.631. The number of hydrogen-bond donors (Lipinski definition) is 3. The fraction of sp³-hybridized carbons (Fsp3) is 0.333. The number of nitrogen functional groups attached to an aromatic ring is 1. The van der Waals surface area contributed by atoms with Gasteiger partial charge in [-0.1, -0.05) is 12.1 Å². The minimum absolute atomic E-state index is 0.0311. The van der Waals surface area contributed by atoms with Gasteiger partial charge < -0.3 is 10.8 Å². The SMILES string of the molecule is CC(O)CNS(=O)(=O)c1ccccc1N. The first kappa shape index (κ1) is 12.0. The molecule has 0 radical (unpaired) electrons. The lowest BCUT2D eigenvalue weighted by Crippen LogP contribution is -2.31. The summed E-state index contributed by atoms with van der Waals surface area (Å²) in [5.74, 6) is 0. The third-order valence-electron chi connectivity index (χ3n) is 1.78. The Balaban J connectivity index is 2.92. The molecule has 1 unspecified atom stereocenters. The fourth-order valence-electron chi connectivity index (χ4n) is 1.03. The number of anilines is 1.